The maximum Gasteiger partial charge on any atom is 0.226 e. The zero-order chi connectivity index (χ0) is 25.0. The smallest absolute Gasteiger partial charge is 0.226 e. The molecule has 0 N–H and O–H groups in total. The van der Waals surface area contributed by atoms with Crippen LogP contribution in [0, 0.1) is 5.92 Å². The molecule has 192 valence electrons. The summed E-state index contributed by atoms with van der Waals surface area (Å²) in [4.78, 5) is 14.9. The van der Waals surface area contributed by atoms with E-state index in [1.54, 1.807) is 0 Å². The van der Waals surface area contributed by atoms with Gasteiger partial charge in [0.1, 0.15) is 6.23 Å². The highest BCUT2D eigenvalue weighted by molar-refractivity contribution is 5.85. The molecule has 2 aromatic heterocycles. The summed E-state index contributed by atoms with van der Waals surface area (Å²) in [5.41, 5.74) is 4.69. The fourth-order valence-corrected chi connectivity index (χ4v) is 5.87. The minimum Gasteiger partial charge on any atom is -0.357 e. The lowest BCUT2D eigenvalue weighted by molar-refractivity contribution is -0.130. The Morgan fingerprint density at radius 3 is 2.73 bits per heavy atom. The first-order chi connectivity index (χ1) is 18.2. The van der Waals surface area contributed by atoms with Gasteiger partial charge in [0.15, 0.2) is 0 Å². The quantitative estimate of drug-likeness (QED) is 0.325. The Morgan fingerprint density at radius 2 is 1.86 bits per heavy atom. The summed E-state index contributed by atoms with van der Waals surface area (Å²) < 4.78 is 10.3. The summed E-state index contributed by atoms with van der Waals surface area (Å²) in [6.45, 7) is 3.55. The predicted octanol–water partition coefficient (Wildman–Crippen LogP) is 6.08. The molecule has 0 radical (unpaired) electrons. The maximum absolute atomic E-state index is 12.9. The molecular weight excluding hydrogens is 460 g/mol. The highest BCUT2D eigenvalue weighted by Crippen LogP contribution is 2.29. The van der Waals surface area contributed by atoms with E-state index >= 15 is 0 Å². The molecule has 0 saturated carbocycles. The molecule has 0 spiro atoms. The second-order valence-corrected chi connectivity index (χ2v) is 10.6. The summed E-state index contributed by atoms with van der Waals surface area (Å²) in [7, 11) is 0. The number of ether oxygens (including phenoxy) is 1. The Kier molecular flexibility index (Phi) is 7.09. The first-order valence-corrected chi connectivity index (χ1v) is 13.8. The van der Waals surface area contributed by atoms with Crippen LogP contribution in [0.2, 0.25) is 0 Å². The van der Waals surface area contributed by atoms with Gasteiger partial charge in [-0.3, -0.25) is 4.79 Å². The summed E-state index contributed by atoms with van der Waals surface area (Å²) in [6.07, 6.45) is 13.5. The molecule has 37 heavy (non-hydrogen) atoms. The Morgan fingerprint density at radius 1 is 0.946 bits per heavy atom. The Balaban J connectivity index is 1.09. The molecule has 2 saturated heterocycles. The lowest BCUT2D eigenvalue weighted by Crippen LogP contribution is -2.33. The average molecular weight is 497 g/mol. The van der Waals surface area contributed by atoms with Crippen LogP contribution in [0.4, 0.5) is 0 Å². The third kappa shape index (κ3) is 5.49. The van der Waals surface area contributed by atoms with Crippen molar-refractivity contribution < 1.29 is 9.53 Å². The maximum atomic E-state index is 12.9. The predicted molar refractivity (Wildman–Crippen MR) is 146 cm³/mol. The van der Waals surface area contributed by atoms with Crippen LogP contribution in [0.25, 0.3) is 22.0 Å². The van der Waals surface area contributed by atoms with Crippen molar-refractivity contribution in [2.24, 2.45) is 5.92 Å². The molecule has 2 fully saturated rings. The van der Waals surface area contributed by atoms with Gasteiger partial charge in [-0.25, -0.2) is 4.68 Å². The van der Waals surface area contributed by atoms with E-state index in [0.717, 1.165) is 69.5 Å². The first-order valence-electron chi connectivity index (χ1n) is 13.8. The normalized spacial score (nSPS) is 20.7. The van der Waals surface area contributed by atoms with Crippen LogP contribution >= 0.6 is 0 Å². The van der Waals surface area contributed by atoms with Crippen LogP contribution in [-0.4, -0.2) is 44.9 Å². The topological polar surface area (TPSA) is 52.3 Å². The van der Waals surface area contributed by atoms with E-state index in [1.807, 2.05) is 41.2 Å². The number of hydrogen-bond donors (Lipinski definition) is 0. The molecule has 2 atom stereocenters. The van der Waals surface area contributed by atoms with Crippen LogP contribution in [-0.2, 0) is 22.5 Å². The van der Waals surface area contributed by atoms with E-state index in [-0.39, 0.29) is 12.1 Å². The second kappa shape index (κ2) is 10.9. The van der Waals surface area contributed by atoms with E-state index in [9.17, 15) is 4.79 Å². The number of fused-ring (bicyclic) bond motifs is 1. The number of nitrogens with zero attached hydrogens (tertiary/aromatic N) is 4. The van der Waals surface area contributed by atoms with Crippen molar-refractivity contribution in [2.75, 3.05) is 19.7 Å². The molecule has 4 aromatic rings. The number of carbonyl (C=O) groups excluding carboxylic acids is 1. The zero-order valence-corrected chi connectivity index (χ0v) is 21.5. The molecule has 6 rings (SSSR count). The molecule has 2 aromatic carbocycles. The van der Waals surface area contributed by atoms with Crippen molar-refractivity contribution in [3.63, 3.8) is 0 Å². The van der Waals surface area contributed by atoms with Crippen molar-refractivity contribution in [2.45, 2.75) is 57.7 Å². The van der Waals surface area contributed by atoms with Gasteiger partial charge in [-0.2, -0.15) is 5.10 Å². The molecule has 6 heteroatoms. The van der Waals surface area contributed by atoms with Crippen molar-refractivity contribution in [1.82, 2.24) is 19.2 Å². The van der Waals surface area contributed by atoms with Crippen LogP contribution in [0.3, 0.4) is 0 Å². The van der Waals surface area contributed by atoms with E-state index in [2.05, 4.69) is 51.2 Å². The van der Waals surface area contributed by atoms with E-state index in [4.69, 9.17) is 4.74 Å². The molecular formula is C31H36N4O2. The highest BCUT2D eigenvalue weighted by Gasteiger charge is 2.22. The summed E-state index contributed by atoms with van der Waals surface area (Å²) >= 11 is 0. The first kappa shape index (κ1) is 24.0. The van der Waals surface area contributed by atoms with Gasteiger partial charge >= 0.3 is 0 Å². The van der Waals surface area contributed by atoms with Gasteiger partial charge in [-0.15, -0.1) is 0 Å². The van der Waals surface area contributed by atoms with Gasteiger partial charge < -0.3 is 14.2 Å². The number of benzene rings is 2. The van der Waals surface area contributed by atoms with Gasteiger partial charge in [-0.05, 0) is 73.8 Å². The third-order valence-corrected chi connectivity index (χ3v) is 8.01. The number of aromatic nitrogens is 3. The molecule has 2 unspecified atom stereocenters. The molecule has 1 amide bonds. The molecule has 4 heterocycles. The van der Waals surface area contributed by atoms with Crippen LogP contribution in [0.1, 0.15) is 50.3 Å². The fraction of sp³-hybridized carbons (Fsp3) is 0.419. The van der Waals surface area contributed by atoms with Crippen LogP contribution < -0.4 is 0 Å². The van der Waals surface area contributed by atoms with Gasteiger partial charge in [0, 0.05) is 55.1 Å². The van der Waals surface area contributed by atoms with Crippen LogP contribution in [0.5, 0.6) is 0 Å². The fourth-order valence-electron chi connectivity index (χ4n) is 5.87. The Hall–Kier alpha value is -3.38. The lowest BCUT2D eigenvalue weighted by Gasteiger charge is -2.22. The standard InChI is InChI=1S/C31H36N4O2/c36-30(19-24-7-2-1-3-8-24)33-15-6-9-25(13-16-33)22-34-17-14-27-20-26(11-12-29(27)34)28-21-32-35(23-28)31-10-4-5-18-37-31/h1-3,7-8,11-12,14,17,20-21,23,25,31H,4-6,9-10,13,15-16,18-19,22H2. The second-order valence-electron chi connectivity index (χ2n) is 10.6. The van der Waals surface area contributed by atoms with Crippen molar-refractivity contribution in [3.05, 3.63) is 78.8 Å². The van der Waals surface area contributed by atoms with Crippen molar-refractivity contribution >= 4 is 16.8 Å². The molecule has 6 nitrogen and oxygen atoms in total. The zero-order valence-electron chi connectivity index (χ0n) is 21.5. The molecule has 0 bridgehead atoms. The third-order valence-electron chi connectivity index (χ3n) is 8.01. The van der Waals surface area contributed by atoms with Crippen molar-refractivity contribution in [1.29, 1.82) is 0 Å². The number of carbonyl (C=O) groups is 1. The highest BCUT2D eigenvalue weighted by atomic mass is 16.5. The Bertz CT molecular complexity index is 1340. The SMILES string of the molecule is O=C(Cc1ccccc1)N1CCCC(Cn2ccc3cc(-c4cnn(C5CCCCO5)c4)ccc32)CC1. The summed E-state index contributed by atoms with van der Waals surface area (Å²) in [5, 5.41) is 5.84. The minimum atomic E-state index is 0.0662. The van der Waals surface area contributed by atoms with E-state index in [0.29, 0.717) is 12.3 Å². The summed E-state index contributed by atoms with van der Waals surface area (Å²) in [6, 6.07) is 19.0. The van der Waals surface area contributed by atoms with Crippen molar-refractivity contribution in [3.8, 4) is 11.1 Å². The number of likely N-dealkylation sites (tertiary alicyclic amines) is 1. The lowest BCUT2D eigenvalue weighted by atomic mass is 10.0. The monoisotopic (exact) mass is 496 g/mol. The van der Waals surface area contributed by atoms with Gasteiger partial charge in [0.05, 0.1) is 12.6 Å². The number of hydrogen-bond acceptors (Lipinski definition) is 3. The largest absolute Gasteiger partial charge is 0.357 e. The van der Waals surface area contributed by atoms with E-state index < -0.39 is 0 Å². The molecule has 2 aliphatic heterocycles. The summed E-state index contributed by atoms with van der Waals surface area (Å²) in [5.74, 6) is 0.836. The van der Waals surface area contributed by atoms with Crippen LogP contribution in [0.15, 0.2) is 73.2 Å². The van der Waals surface area contributed by atoms with Gasteiger partial charge in [0.25, 0.3) is 0 Å². The average Bonchev–Trinajstić information content (AvgIpc) is 3.52. The number of amides is 1. The Labute approximate surface area is 218 Å². The van der Waals surface area contributed by atoms with E-state index in [1.165, 1.54) is 22.9 Å². The minimum absolute atomic E-state index is 0.0662. The molecule has 2 aliphatic rings. The number of rotatable bonds is 6. The van der Waals surface area contributed by atoms with Gasteiger partial charge in [-0.1, -0.05) is 36.4 Å². The molecule has 0 aliphatic carbocycles. The van der Waals surface area contributed by atoms with Gasteiger partial charge in [0.2, 0.25) is 5.91 Å².